The number of nitrogens with one attached hydrogen (secondary N) is 1. The molecule has 0 aromatic carbocycles. The lowest BCUT2D eigenvalue weighted by Crippen LogP contribution is -2.40. The summed E-state index contributed by atoms with van der Waals surface area (Å²) in [5.74, 6) is -1.59. The molecule has 1 aliphatic rings. The fourth-order valence-corrected chi connectivity index (χ4v) is 3.99. The van der Waals surface area contributed by atoms with Gasteiger partial charge in [0.2, 0.25) is 0 Å². The number of nitrogens with zero attached hydrogens (tertiary/aromatic N) is 3. The summed E-state index contributed by atoms with van der Waals surface area (Å²) in [5, 5.41) is 9.38. The second kappa shape index (κ2) is 10.1. The van der Waals surface area contributed by atoms with Crippen molar-refractivity contribution >= 4 is 40.8 Å². The van der Waals surface area contributed by atoms with Gasteiger partial charge in [0.15, 0.2) is 18.4 Å². The lowest BCUT2D eigenvalue weighted by Gasteiger charge is -2.23. The van der Waals surface area contributed by atoms with Crippen LogP contribution in [-0.4, -0.2) is 79.8 Å². The average Bonchev–Trinajstić information content (AvgIpc) is 3.25. The van der Waals surface area contributed by atoms with E-state index in [1.165, 1.54) is 31.7 Å². The van der Waals surface area contributed by atoms with Crippen LogP contribution in [0.15, 0.2) is 16.1 Å². The first-order valence-corrected chi connectivity index (χ1v) is 10.5. The first-order valence-electron chi connectivity index (χ1n) is 9.55. The van der Waals surface area contributed by atoms with Gasteiger partial charge in [-0.05, 0) is 0 Å². The number of aliphatic hydroxyl groups excluding tert-OH is 1. The van der Waals surface area contributed by atoms with E-state index in [-0.39, 0.29) is 18.9 Å². The summed E-state index contributed by atoms with van der Waals surface area (Å²) in [6, 6.07) is 0. The number of fused-ring (bicyclic) bond motifs is 1. The predicted molar refractivity (Wildman–Crippen MR) is 108 cm³/mol. The van der Waals surface area contributed by atoms with Crippen molar-refractivity contribution in [2.45, 2.75) is 50.3 Å². The van der Waals surface area contributed by atoms with Crippen LogP contribution in [0.1, 0.15) is 27.0 Å². The minimum atomic E-state index is -1.13. The third-order valence-electron chi connectivity index (χ3n) is 4.37. The van der Waals surface area contributed by atoms with Gasteiger partial charge in [0, 0.05) is 26.5 Å². The van der Waals surface area contributed by atoms with Crippen LogP contribution in [0.5, 0.6) is 0 Å². The highest BCUT2D eigenvalue weighted by molar-refractivity contribution is 7.99. The Kier molecular flexibility index (Phi) is 7.48. The van der Waals surface area contributed by atoms with E-state index < -0.39 is 48.1 Å². The minimum Gasteiger partial charge on any atom is -0.463 e. The van der Waals surface area contributed by atoms with Crippen molar-refractivity contribution < 1.29 is 38.4 Å². The maximum atomic E-state index is 12.1. The Morgan fingerprint density at radius 1 is 1.19 bits per heavy atom. The SMILES string of the molecule is CC(=O)OC[C@H]1O[C@@H](n2cnc3c(SCCO)nc(=O)[nH]c32)[C@H](OC(C)=O)[C@@H]1OC(C)=O. The van der Waals surface area contributed by atoms with E-state index in [1.54, 1.807) is 0 Å². The number of esters is 3. The van der Waals surface area contributed by atoms with E-state index in [0.717, 1.165) is 11.8 Å². The van der Waals surface area contributed by atoms with Gasteiger partial charge in [-0.2, -0.15) is 4.98 Å². The van der Waals surface area contributed by atoms with Gasteiger partial charge in [-0.3, -0.25) is 23.9 Å². The van der Waals surface area contributed by atoms with Gasteiger partial charge < -0.3 is 24.1 Å². The van der Waals surface area contributed by atoms with Gasteiger partial charge in [0.05, 0.1) is 12.9 Å². The van der Waals surface area contributed by atoms with Crippen molar-refractivity contribution in [2.24, 2.45) is 0 Å². The van der Waals surface area contributed by atoms with Gasteiger partial charge in [-0.15, -0.1) is 11.8 Å². The number of hydrogen-bond acceptors (Lipinski definition) is 12. The minimum absolute atomic E-state index is 0.122. The maximum Gasteiger partial charge on any atom is 0.347 e. The number of aliphatic hydroxyl groups is 1. The van der Waals surface area contributed by atoms with Crippen LogP contribution in [0.3, 0.4) is 0 Å². The molecule has 32 heavy (non-hydrogen) atoms. The number of thioether (sulfide) groups is 1. The summed E-state index contributed by atoms with van der Waals surface area (Å²) in [5.41, 5.74) is -0.0993. The Morgan fingerprint density at radius 2 is 1.88 bits per heavy atom. The molecule has 0 bridgehead atoms. The third kappa shape index (κ3) is 5.26. The average molecular weight is 470 g/mol. The van der Waals surface area contributed by atoms with Crippen LogP contribution < -0.4 is 5.69 Å². The largest absolute Gasteiger partial charge is 0.463 e. The van der Waals surface area contributed by atoms with Crippen molar-refractivity contribution in [3.8, 4) is 0 Å². The molecule has 3 rings (SSSR count). The Morgan fingerprint density at radius 3 is 2.50 bits per heavy atom. The molecule has 13 nitrogen and oxygen atoms in total. The molecule has 2 aromatic rings. The Hall–Kier alpha value is -2.97. The first-order chi connectivity index (χ1) is 15.2. The number of ether oxygens (including phenoxy) is 4. The monoisotopic (exact) mass is 470 g/mol. The molecule has 0 unspecified atom stereocenters. The molecule has 1 aliphatic heterocycles. The molecule has 2 aromatic heterocycles. The summed E-state index contributed by atoms with van der Waals surface area (Å²) in [4.78, 5) is 57.6. The quantitative estimate of drug-likeness (QED) is 0.220. The second-order valence-electron chi connectivity index (χ2n) is 6.78. The van der Waals surface area contributed by atoms with Gasteiger partial charge in [0.1, 0.15) is 28.9 Å². The molecule has 0 saturated carbocycles. The highest BCUT2D eigenvalue weighted by Crippen LogP contribution is 2.36. The van der Waals surface area contributed by atoms with Crippen molar-refractivity contribution in [3.05, 3.63) is 16.8 Å². The number of aromatic amines is 1. The Labute approximate surface area is 185 Å². The molecule has 174 valence electrons. The molecule has 0 spiro atoms. The van der Waals surface area contributed by atoms with Crippen LogP contribution in [0.25, 0.3) is 11.2 Å². The zero-order valence-corrected chi connectivity index (χ0v) is 18.3. The van der Waals surface area contributed by atoms with E-state index >= 15 is 0 Å². The van der Waals surface area contributed by atoms with E-state index in [2.05, 4.69) is 15.0 Å². The molecule has 14 heteroatoms. The molecular weight excluding hydrogens is 448 g/mol. The normalized spacial score (nSPS) is 22.6. The van der Waals surface area contributed by atoms with Gasteiger partial charge >= 0.3 is 23.6 Å². The molecule has 0 aliphatic carbocycles. The molecule has 2 N–H and O–H groups in total. The van der Waals surface area contributed by atoms with Crippen molar-refractivity contribution in [3.63, 3.8) is 0 Å². The summed E-state index contributed by atoms with van der Waals surface area (Å²) >= 11 is 1.14. The third-order valence-corrected chi connectivity index (χ3v) is 5.31. The molecular formula is C18H22N4O9S. The van der Waals surface area contributed by atoms with Crippen molar-refractivity contribution in [1.82, 2.24) is 19.5 Å². The van der Waals surface area contributed by atoms with Crippen LogP contribution in [0.4, 0.5) is 0 Å². The lowest BCUT2D eigenvalue weighted by molar-refractivity contribution is -0.166. The fraction of sp³-hybridized carbons (Fsp3) is 0.556. The van der Waals surface area contributed by atoms with Crippen molar-refractivity contribution in [1.29, 1.82) is 0 Å². The summed E-state index contributed by atoms with van der Waals surface area (Å²) < 4.78 is 23.1. The highest BCUT2D eigenvalue weighted by atomic mass is 32.2. The van der Waals surface area contributed by atoms with Gasteiger partial charge in [0.25, 0.3) is 0 Å². The van der Waals surface area contributed by atoms with Crippen LogP contribution in [-0.2, 0) is 33.3 Å². The summed E-state index contributed by atoms with van der Waals surface area (Å²) in [6.45, 7) is 3.20. The smallest absolute Gasteiger partial charge is 0.347 e. The van der Waals surface area contributed by atoms with E-state index in [0.29, 0.717) is 16.3 Å². The van der Waals surface area contributed by atoms with Gasteiger partial charge in [-0.25, -0.2) is 9.78 Å². The Balaban J connectivity index is 2.05. The van der Waals surface area contributed by atoms with E-state index in [1.807, 2.05) is 0 Å². The molecule has 4 atom stereocenters. The predicted octanol–water partition coefficient (Wildman–Crippen LogP) is -0.472. The van der Waals surface area contributed by atoms with Gasteiger partial charge in [-0.1, -0.05) is 0 Å². The standard InChI is InChI=1S/C18H22N4O9S/c1-8(24)28-6-11-13(29-9(2)25)14(30-10(3)26)17(31-11)22-7-19-12-15(22)20-18(27)21-16(12)32-5-4-23/h7,11,13-14,17,23H,4-6H2,1-3H3,(H,20,21,27)/t11-,13-,14-,17-/m1/s1. The van der Waals surface area contributed by atoms with Crippen molar-refractivity contribution in [2.75, 3.05) is 19.0 Å². The van der Waals surface area contributed by atoms with Crippen LogP contribution in [0.2, 0.25) is 0 Å². The number of rotatable bonds is 8. The number of carbonyl (C=O) groups excluding carboxylic acids is 3. The van der Waals surface area contributed by atoms with Crippen LogP contribution in [0, 0.1) is 0 Å². The first kappa shape index (κ1) is 23.7. The molecule has 3 heterocycles. The molecule has 1 saturated heterocycles. The maximum absolute atomic E-state index is 12.1. The number of H-pyrrole nitrogens is 1. The van der Waals surface area contributed by atoms with E-state index in [9.17, 15) is 19.2 Å². The number of imidazole rings is 1. The summed E-state index contributed by atoms with van der Waals surface area (Å²) in [7, 11) is 0. The second-order valence-corrected chi connectivity index (χ2v) is 7.87. The molecule has 0 amide bonds. The number of hydrogen-bond donors (Lipinski definition) is 2. The highest BCUT2D eigenvalue weighted by Gasteiger charge is 2.51. The zero-order valence-electron chi connectivity index (χ0n) is 17.5. The number of aromatic nitrogens is 4. The zero-order chi connectivity index (χ0) is 23.4. The topological polar surface area (TPSA) is 172 Å². The van der Waals surface area contributed by atoms with E-state index in [4.69, 9.17) is 24.1 Å². The number of carbonyl (C=O) groups is 3. The Bertz CT molecular complexity index is 1070. The fourth-order valence-electron chi connectivity index (χ4n) is 3.27. The molecule has 0 radical (unpaired) electrons. The van der Waals surface area contributed by atoms with Crippen LogP contribution >= 0.6 is 11.8 Å². The summed E-state index contributed by atoms with van der Waals surface area (Å²) in [6.07, 6.45) is -2.88. The molecule has 1 fully saturated rings. The lowest BCUT2D eigenvalue weighted by atomic mass is 10.1.